The van der Waals surface area contributed by atoms with Gasteiger partial charge < -0.3 is 10.3 Å². The Bertz CT molecular complexity index is 1180. The van der Waals surface area contributed by atoms with Crippen molar-refractivity contribution in [3.63, 3.8) is 0 Å². The minimum atomic E-state index is -0.311. The predicted octanol–water partition coefficient (Wildman–Crippen LogP) is 4.72. The van der Waals surface area contributed by atoms with Gasteiger partial charge in [0, 0.05) is 35.3 Å². The molecule has 2 aromatic heterocycles. The number of imidazole rings is 1. The van der Waals surface area contributed by atoms with Crippen LogP contribution in [0.5, 0.6) is 0 Å². The van der Waals surface area contributed by atoms with E-state index in [4.69, 9.17) is 4.98 Å². The average Bonchev–Trinajstić information content (AvgIpc) is 3.39. The van der Waals surface area contributed by atoms with E-state index in [0.29, 0.717) is 28.0 Å². The van der Waals surface area contributed by atoms with E-state index in [0.717, 1.165) is 16.7 Å². The molecule has 150 valence electrons. The molecule has 0 saturated heterocycles. The SMILES string of the molecule is CC(=O)Nc1ccc(-c2nc(-c3ccc(C)cc3)c(C(=O)Nc3nccs3)[nH]2)cc1. The summed E-state index contributed by atoms with van der Waals surface area (Å²) in [5.74, 6) is 0.113. The summed E-state index contributed by atoms with van der Waals surface area (Å²) in [6.45, 7) is 3.47. The van der Waals surface area contributed by atoms with E-state index >= 15 is 0 Å². The number of aromatic nitrogens is 3. The van der Waals surface area contributed by atoms with E-state index < -0.39 is 0 Å². The Kier molecular flexibility index (Phi) is 5.40. The Hall–Kier alpha value is -3.78. The Morgan fingerprint density at radius 2 is 1.67 bits per heavy atom. The van der Waals surface area contributed by atoms with Gasteiger partial charge in [0.15, 0.2) is 5.13 Å². The molecule has 0 fully saturated rings. The Balaban J connectivity index is 1.72. The predicted molar refractivity (Wildman–Crippen MR) is 119 cm³/mol. The zero-order chi connectivity index (χ0) is 21.1. The van der Waals surface area contributed by atoms with Crippen molar-refractivity contribution < 1.29 is 9.59 Å². The molecule has 3 N–H and O–H groups in total. The lowest BCUT2D eigenvalue weighted by atomic mass is 10.1. The fourth-order valence-corrected chi connectivity index (χ4v) is 3.48. The van der Waals surface area contributed by atoms with Crippen molar-refractivity contribution in [1.82, 2.24) is 15.0 Å². The second kappa shape index (κ2) is 8.30. The summed E-state index contributed by atoms with van der Waals surface area (Å²) in [6.07, 6.45) is 1.64. The molecule has 0 spiro atoms. The van der Waals surface area contributed by atoms with Gasteiger partial charge in [-0.05, 0) is 31.2 Å². The fraction of sp³-hybridized carbons (Fsp3) is 0.0909. The molecule has 4 rings (SSSR count). The largest absolute Gasteiger partial charge is 0.333 e. The summed E-state index contributed by atoms with van der Waals surface area (Å²) >= 11 is 1.35. The maximum atomic E-state index is 12.9. The number of nitrogens with one attached hydrogen (secondary N) is 3. The van der Waals surface area contributed by atoms with E-state index in [-0.39, 0.29) is 11.8 Å². The number of thiazole rings is 1. The number of hydrogen-bond acceptors (Lipinski definition) is 5. The molecule has 2 aromatic carbocycles. The number of aromatic amines is 1. The van der Waals surface area contributed by atoms with E-state index in [1.165, 1.54) is 18.3 Å². The lowest BCUT2D eigenvalue weighted by Crippen LogP contribution is -2.13. The Morgan fingerprint density at radius 3 is 2.30 bits per heavy atom. The summed E-state index contributed by atoms with van der Waals surface area (Å²) in [4.78, 5) is 36.1. The van der Waals surface area contributed by atoms with Crippen LogP contribution in [-0.2, 0) is 4.79 Å². The average molecular weight is 417 g/mol. The molecule has 0 aliphatic rings. The topological polar surface area (TPSA) is 99.8 Å². The van der Waals surface area contributed by atoms with Crippen molar-refractivity contribution in [2.45, 2.75) is 13.8 Å². The second-order valence-electron chi connectivity index (χ2n) is 6.72. The molecule has 0 aliphatic carbocycles. The highest BCUT2D eigenvalue weighted by Gasteiger charge is 2.20. The molecule has 2 heterocycles. The first-order valence-corrected chi connectivity index (χ1v) is 10.1. The molecule has 0 saturated carbocycles. The van der Waals surface area contributed by atoms with Gasteiger partial charge in [0.1, 0.15) is 17.2 Å². The lowest BCUT2D eigenvalue weighted by molar-refractivity contribution is -0.114. The molecular weight excluding hydrogens is 398 g/mol. The highest BCUT2D eigenvalue weighted by molar-refractivity contribution is 7.13. The molecule has 0 aliphatic heterocycles. The smallest absolute Gasteiger partial charge is 0.276 e. The number of nitrogens with zero attached hydrogens (tertiary/aromatic N) is 2. The van der Waals surface area contributed by atoms with Crippen LogP contribution in [0.15, 0.2) is 60.1 Å². The quantitative estimate of drug-likeness (QED) is 0.437. The minimum absolute atomic E-state index is 0.136. The van der Waals surface area contributed by atoms with Crippen LogP contribution in [-0.4, -0.2) is 26.8 Å². The number of amides is 2. The van der Waals surface area contributed by atoms with Crippen molar-refractivity contribution in [2.75, 3.05) is 10.6 Å². The van der Waals surface area contributed by atoms with Crippen molar-refractivity contribution in [3.8, 4) is 22.6 Å². The first-order valence-electron chi connectivity index (χ1n) is 9.25. The van der Waals surface area contributed by atoms with Gasteiger partial charge in [-0.2, -0.15) is 0 Å². The second-order valence-corrected chi connectivity index (χ2v) is 7.62. The zero-order valence-electron chi connectivity index (χ0n) is 16.4. The van der Waals surface area contributed by atoms with Gasteiger partial charge in [-0.1, -0.05) is 29.8 Å². The normalized spacial score (nSPS) is 10.6. The Morgan fingerprint density at radius 1 is 0.967 bits per heavy atom. The van der Waals surface area contributed by atoms with Gasteiger partial charge >= 0.3 is 0 Å². The lowest BCUT2D eigenvalue weighted by Gasteiger charge is -2.03. The fourth-order valence-electron chi connectivity index (χ4n) is 2.95. The molecule has 4 aromatic rings. The number of benzene rings is 2. The Labute approximate surface area is 177 Å². The summed E-state index contributed by atoms with van der Waals surface area (Å²) in [7, 11) is 0. The third kappa shape index (κ3) is 4.28. The number of hydrogen-bond donors (Lipinski definition) is 3. The van der Waals surface area contributed by atoms with Crippen LogP contribution in [0.2, 0.25) is 0 Å². The molecule has 2 amide bonds. The highest BCUT2D eigenvalue weighted by atomic mass is 32.1. The van der Waals surface area contributed by atoms with E-state index in [9.17, 15) is 9.59 Å². The van der Waals surface area contributed by atoms with Gasteiger partial charge in [-0.3, -0.25) is 14.9 Å². The van der Waals surface area contributed by atoms with Crippen LogP contribution < -0.4 is 10.6 Å². The number of rotatable bonds is 5. The van der Waals surface area contributed by atoms with E-state index in [1.54, 1.807) is 23.7 Å². The first-order chi connectivity index (χ1) is 14.5. The third-order valence-electron chi connectivity index (χ3n) is 4.39. The van der Waals surface area contributed by atoms with Gasteiger partial charge in [-0.15, -0.1) is 11.3 Å². The van der Waals surface area contributed by atoms with Gasteiger partial charge in [-0.25, -0.2) is 9.97 Å². The highest BCUT2D eigenvalue weighted by Crippen LogP contribution is 2.28. The van der Waals surface area contributed by atoms with Crippen LogP contribution in [0, 0.1) is 6.92 Å². The maximum Gasteiger partial charge on any atom is 0.276 e. The van der Waals surface area contributed by atoms with Crippen molar-refractivity contribution in [3.05, 3.63) is 71.4 Å². The molecule has 7 nitrogen and oxygen atoms in total. The van der Waals surface area contributed by atoms with Gasteiger partial charge in [0.05, 0.1) is 0 Å². The molecule has 0 radical (unpaired) electrons. The van der Waals surface area contributed by atoms with Crippen LogP contribution in [0.1, 0.15) is 23.0 Å². The van der Waals surface area contributed by atoms with Crippen LogP contribution >= 0.6 is 11.3 Å². The summed E-state index contributed by atoms with van der Waals surface area (Å²) in [6, 6.07) is 15.1. The van der Waals surface area contributed by atoms with Crippen molar-refractivity contribution in [2.24, 2.45) is 0 Å². The first kappa shape index (κ1) is 19.5. The van der Waals surface area contributed by atoms with Gasteiger partial charge in [0.25, 0.3) is 5.91 Å². The van der Waals surface area contributed by atoms with E-state index in [1.807, 2.05) is 43.3 Å². The molecule has 30 heavy (non-hydrogen) atoms. The molecule has 8 heteroatoms. The number of H-pyrrole nitrogens is 1. The van der Waals surface area contributed by atoms with E-state index in [2.05, 4.69) is 20.6 Å². The molecular formula is C22H19N5O2S. The maximum absolute atomic E-state index is 12.9. The molecule has 0 atom stereocenters. The number of carbonyl (C=O) groups is 2. The van der Waals surface area contributed by atoms with Crippen LogP contribution in [0.4, 0.5) is 10.8 Å². The van der Waals surface area contributed by atoms with Crippen LogP contribution in [0.25, 0.3) is 22.6 Å². The van der Waals surface area contributed by atoms with Crippen molar-refractivity contribution in [1.29, 1.82) is 0 Å². The summed E-state index contributed by atoms with van der Waals surface area (Å²) in [5.41, 5.74) is 4.36. The summed E-state index contributed by atoms with van der Waals surface area (Å²) < 4.78 is 0. The number of anilines is 2. The molecule has 0 unspecified atom stereocenters. The monoisotopic (exact) mass is 417 g/mol. The third-order valence-corrected chi connectivity index (χ3v) is 5.08. The summed E-state index contributed by atoms with van der Waals surface area (Å²) in [5, 5.41) is 7.86. The number of carbonyl (C=O) groups excluding carboxylic acids is 2. The standard InChI is InChI=1S/C22H19N5O2S/c1-13-3-5-15(6-4-13)18-19(21(29)27-22-23-11-12-30-22)26-20(25-18)16-7-9-17(10-8-16)24-14(2)28/h3-12H,1-2H3,(H,24,28)(H,25,26)(H,23,27,29). The van der Waals surface area contributed by atoms with Crippen LogP contribution in [0.3, 0.4) is 0 Å². The zero-order valence-corrected chi connectivity index (χ0v) is 17.2. The number of aryl methyl sites for hydroxylation is 1. The van der Waals surface area contributed by atoms with Gasteiger partial charge in [0.2, 0.25) is 5.91 Å². The molecule has 0 bridgehead atoms. The van der Waals surface area contributed by atoms with Crippen molar-refractivity contribution >= 4 is 34.0 Å². The minimum Gasteiger partial charge on any atom is -0.333 e.